The number of aromatic nitrogens is 1. The van der Waals surface area contributed by atoms with Crippen molar-refractivity contribution >= 4 is 33.5 Å². The van der Waals surface area contributed by atoms with Crippen LogP contribution in [-0.2, 0) is 10.6 Å². The van der Waals surface area contributed by atoms with Crippen LogP contribution in [-0.4, -0.2) is 18.1 Å². The summed E-state index contributed by atoms with van der Waals surface area (Å²) in [4.78, 5) is 14.9. The molecular formula is C9H7BrClF2NO2. The number of methoxy groups -OCH3 is 1. The summed E-state index contributed by atoms with van der Waals surface area (Å²) in [7, 11) is 1.11. The van der Waals surface area contributed by atoms with E-state index in [1.807, 2.05) is 0 Å². The molecule has 88 valence electrons. The molecule has 0 amide bonds. The molecule has 1 aromatic heterocycles. The minimum Gasteiger partial charge on any atom is -0.465 e. The molecule has 0 N–H and O–H groups in total. The SMILES string of the molecule is COC(=O)c1cc(Br)c(CCl)nc1C(F)F. The maximum atomic E-state index is 12.6. The van der Waals surface area contributed by atoms with Gasteiger partial charge in [0.1, 0.15) is 5.69 Å². The Hall–Kier alpha value is -0.750. The average Bonchev–Trinajstić information content (AvgIpc) is 2.27. The number of nitrogens with zero attached hydrogens (tertiary/aromatic N) is 1. The molecule has 0 saturated heterocycles. The first kappa shape index (κ1) is 13.3. The van der Waals surface area contributed by atoms with Crippen molar-refractivity contribution in [3.63, 3.8) is 0 Å². The van der Waals surface area contributed by atoms with Gasteiger partial charge in [0.25, 0.3) is 6.43 Å². The smallest absolute Gasteiger partial charge is 0.339 e. The number of carbonyl (C=O) groups excluding carboxylic acids is 1. The maximum absolute atomic E-state index is 12.6. The summed E-state index contributed by atoms with van der Waals surface area (Å²) in [6.45, 7) is 0. The van der Waals surface area contributed by atoms with Gasteiger partial charge in [-0.2, -0.15) is 0 Å². The summed E-state index contributed by atoms with van der Waals surface area (Å²) in [6.07, 6.45) is -2.86. The van der Waals surface area contributed by atoms with Gasteiger partial charge in [-0.05, 0) is 22.0 Å². The molecular weight excluding hydrogens is 307 g/mol. The van der Waals surface area contributed by atoms with Crippen LogP contribution in [0.3, 0.4) is 0 Å². The molecule has 0 aromatic carbocycles. The van der Waals surface area contributed by atoms with Gasteiger partial charge >= 0.3 is 5.97 Å². The lowest BCUT2D eigenvalue weighted by atomic mass is 10.2. The monoisotopic (exact) mass is 313 g/mol. The van der Waals surface area contributed by atoms with Gasteiger partial charge in [-0.25, -0.2) is 18.6 Å². The number of rotatable bonds is 3. The molecule has 1 aromatic rings. The van der Waals surface area contributed by atoms with E-state index in [0.29, 0.717) is 4.47 Å². The Kier molecular flexibility index (Phi) is 4.61. The van der Waals surface area contributed by atoms with Gasteiger partial charge < -0.3 is 4.74 Å². The van der Waals surface area contributed by atoms with Crippen molar-refractivity contribution < 1.29 is 18.3 Å². The van der Waals surface area contributed by atoms with Crippen LogP contribution in [0.4, 0.5) is 8.78 Å². The molecule has 7 heteroatoms. The zero-order valence-corrected chi connectivity index (χ0v) is 10.5. The minimum absolute atomic E-state index is 0.0260. The topological polar surface area (TPSA) is 39.2 Å². The number of carbonyl (C=O) groups is 1. The molecule has 1 rings (SSSR count). The molecule has 0 unspecified atom stereocenters. The molecule has 0 aliphatic carbocycles. The Morgan fingerprint density at radius 1 is 1.69 bits per heavy atom. The molecule has 0 bridgehead atoms. The van der Waals surface area contributed by atoms with Gasteiger partial charge in [-0.15, -0.1) is 11.6 Å². The van der Waals surface area contributed by atoms with E-state index < -0.39 is 18.1 Å². The third-order valence-electron chi connectivity index (χ3n) is 1.82. The normalized spacial score (nSPS) is 10.6. The summed E-state index contributed by atoms with van der Waals surface area (Å²) in [5.74, 6) is -0.883. The Morgan fingerprint density at radius 2 is 2.31 bits per heavy atom. The van der Waals surface area contributed by atoms with Crippen LogP contribution in [0.25, 0.3) is 0 Å². The number of pyridine rings is 1. The average molecular weight is 315 g/mol. The van der Waals surface area contributed by atoms with Gasteiger partial charge in [0.05, 0.1) is 24.2 Å². The van der Waals surface area contributed by atoms with Crippen LogP contribution in [0.5, 0.6) is 0 Å². The van der Waals surface area contributed by atoms with E-state index in [4.69, 9.17) is 11.6 Å². The van der Waals surface area contributed by atoms with Crippen molar-refractivity contribution in [3.8, 4) is 0 Å². The van der Waals surface area contributed by atoms with Crippen LogP contribution in [0, 0.1) is 0 Å². The Bertz CT molecular complexity index is 415. The number of ether oxygens (including phenoxy) is 1. The van der Waals surface area contributed by atoms with E-state index in [-0.39, 0.29) is 17.1 Å². The quantitative estimate of drug-likeness (QED) is 0.635. The van der Waals surface area contributed by atoms with Crippen molar-refractivity contribution in [1.29, 1.82) is 0 Å². The standard InChI is InChI=1S/C9H7BrClF2NO2/c1-16-9(15)4-2-5(10)6(3-11)14-7(4)8(12)13/h2,8H,3H2,1H3. The fourth-order valence-electron chi connectivity index (χ4n) is 1.08. The van der Waals surface area contributed by atoms with E-state index in [1.54, 1.807) is 0 Å². The van der Waals surface area contributed by atoms with Crippen LogP contribution in [0.15, 0.2) is 10.5 Å². The van der Waals surface area contributed by atoms with Crippen molar-refractivity contribution in [2.45, 2.75) is 12.3 Å². The first-order valence-corrected chi connectivity index (χ1v) is 5.45. The predicted molar refractivity (Wildman–Crippen MR) is 57.8 cm³/mol. The first-order valence-electron chi connectivity index (χ1n) is 4.13. The zero-order valence-electron chi connectivity index (χ0n) is 8.14. The summed E-state index contributed by atoms with van der Waals surface area (Å²) in [6, 6.07) is 1.23. The van der Waals surface area contributed by atoms with Crippen LogP contribution in [0.1, 0.15) is 28.2 Å². The van der Waals surface area contributed by atoms with E-state index in [2.05, 4.69) is 25.7 Å². The van der Waals surface area contributed by atoms with Crippen LogP contribution < -0.4 is 0 Å². The minimum atomic E-state index is -2.86. The number of esters is 1. The summed E-state index contributed by atoms with van der Waals surface area (Å²) >= 11 is 8.61. The Morgan fingerprint density at radius 3 is 2.75 bits per heavy atom. The number of hydrogen-bond acceptors (Lipinski definition) is 3. The van der Waals surface area contributed by atoms with Crippen molar-refractivity contribution in [3.05, 3.63) is 27.5 Å². The van der Waals surface area contributed by atoms with Gasteiger partial charge in [-0.1, -0.05) is 0 Å². The number of alkyl halides is 3. The molecule has 3 nitrogen and oxygen atoms in total. The van der Waals surface area contributed by atoms with E-state index in [1.165, 1.54) is 6.07 Å². The lowest BCUT2D eigenvalue weighted by Crippen LogP contribution is -2.10. The molecule has 0 spiro atoms. The Labute approximate surface area is 104 Å². The second-order valence-electron chi connectivity index (χ2n) is 2.78. The summed E-state index contributed by atoms with van der Waals surface area (Å²) in [5.41, 5.74) is -0.631. The van der Waals surface area contributed by atoms with Gasteiger partial charge in [0.2, 0.25) is 0 Å². The highest BCUT2D eigenvalue weighted by molar-refractivity contribution is 9.10. The van der Waals surface area contributed by atoms with Crippen LogP contribution in [0.2, 0.25) is 0 Å². The van der Waals surface area contributed by atoms with Crippen molar-refractivity contribution in [2.24, 2.45) is 0 Å². The fraction of sp³-hybridized carbons (Fsp3) is 0.333. The van der Waals surface area contributed by atoms with Crippen LogP contribution >= 0.6 is 27.5 Å². The first-order chi connectivity index (χ1) is 7.51. The molecule has 0 saturated carbocycles. The van der Waals surface area contributed by atoms with E-state index in [9.17, 15) is 13.6 Å². The highest BCUT2D eigenvalue weighted by atomic mass is 79.9. The summed E-state index contributed by atoms with van der Waals surface area (Å²) < 4.78 is 30.1. The third kappa shape index (κ3) is 2.68. The lowest BCUT2D eigenvalue weighted by molar-refractivity contribution is 0.0587. The maximum Gasteiger partial charge on any atom is 0.339 e. The predicted octanol–water partition coefficient (Wildman–Crippen LogP) is 3.31. The molecule has 0 aliphatic rings. The van der Waals surface area contributed by atoms with Crippen molar-refractivity contribution in [1.82, 2.24) is 4.98 Å². The molecule has 0 fully saturated rings. The highest BCUT2D eigenvalue weighted by Crippen LogP contribution is 2.27. The highest BCUT2D eigenvalue weighted by Gasteiger charge is 2.22. The lowest BCUT2D eigenvalue weighted by Gasteiger charge is -2.09. The second-order valence-corrected chi connectivity index (χ2v) is 3.90. The fourth-order valence-corrected chi connectivity index (χ4v) is 1.90. The van der Waals surface area contributed by atoms with Gasteiger partial charge in [0.15, 0.2) is 0 Å². The van der Waals surface area contributed by atoms with E-state index >= 15 is 0 Å². The van der Waals surface area contributed by atoms with Gasteiger partial charge in [-0.3, -0.25) is 0 Å². The molecule has 1 heterocycles. The van der Waals surface area contributed by atoms with Gasteiger partial charge in [0, 0.05) is 4.47 Å². The zero-order chi connectivity index (χ0) is 12.3. The number of hydrogen-bond donors (Lipinski definition) is 0. The molecule has 0 atom stereocenters. The largest absolute Gasteiger partial charge is 0.465 e. The molecule has 0 radical (unpaired) electrons. The number of halogens is 4. The third-order valence-corrected chi connectivity index (χ3v) is 2.76. The molecule has 0 aliphatic heterocycles. The van der Waals surface area contributed by atoms with E-state index in [0.717, 1.165) is 7.11 Å². The molecule has 16 heavy (non-hydrogen) atoms. The summed E-state index contributed by atoms with van der Waals surface area (Å²) in [5, 5.41) is 0. The second kappa shape index (κ2) is 5.54. The van der Waals surface area contributed by atoms with Crippen molar-refractivity contribution in [2.75, 3.05) is 7.11 Å². The Balaban J connectivity index is 3.36.